The van der Waals surface area contributed by atoms with Gasteiger partial charge in [0.2, 0.25) is 10.0 Å². The number of ether oxygens (including phenoxy) is 2. The van der Waals surface area contributed by atoms with Crippen molar-refractivity contribution in [2.45, 2.75) is 18.2 Å². The van der Waals surface area contributed by atoms with E-state index in [0.717, 1.165) is 6.42 Å². The number of sulfonamides is 1. The Labute approximate surface area is 122 Å². The van der Waals surface area contributed by atoms with Gasteiger partial charge in [-0.1, -0.05) is 30.1 Å². The van der Waals surface area contributed by atoms with Crippen molar-refractivity contribution in [1.29, 1.82) is 0 Å². The summed E-state index contributed by atoms with van der Waals surface area (Å²) in [6.07, 6.45) is 0.926. The number of rotatable bonds is 7. The van der Waals surface area contributed by atoms with E-state index >= 15 is 0 Å². The maximum Gasteiger partial charge on any atom is 0.239 e. The molecule has 0 amide bonds. The largest absolute Gasteiger partial charge is 0.490 e. The van der Waals surface area contributed by atoms with Crippen LogP contribution in [0, 0.1) is 0 Å². The number of benzene rings is 1. The lowest BCUT2D eigenvalue weighted by Crippen LogP contribution is -2.13. The van der Waals surface area contributed by atoms with E-state index < -0.39 is 10.0 Å². The smallest absolute Gasteiger partial charge is 0.239 e. The summed E-state index contributed by atoms with van der Waals surface area (Å²) in [5, 5.41) is 4.87. The van der Waals surface area contributed by atoms with Crippen LogP contribution in [0.15, 0.2) is 17.0 Å². The first-order valence-electron chi connectivity index (χ1n) is 5.59. The van der Waals surface area contributed by atoms with Gasteiger partial charge in [-0.15, -0.1) is 0 Å². The van der Waals surface area contributed by atoms with E-state index in [0.29, 0.717) is 25.6 Å². The molecule has 0 aliphatic rings. The Balaban J connectivity index is 2.75. The van der Waals surface area contributed by atoms with E-state index in [1.165, 1.54) is 12.1 Å². The molecule has 0 fully saturated rings. The third-order valence-corrected chi connectivity index (χ3v) is 4.08. The van der Waals surface area contributed by atoms with Gasteiger partial charge in [-0.2, -0.15) is 0 Å². The first-order chi connectivity index (χ1) is 8.88. The van der Waals surface area contributed by atoms with Gasteiger partial charge in [0.05, 0.1) is 11.6 Å². The quantitative estimate of drug-likeness (QED) is 0.780. The Morgan fingerprint density at radius 1 is 1.16 bits per heavy atom. The predicted molar refractivity (Wildman–Crippen MR) is 74.4 cm³/mol. The normalized spacial score (nSPS) is 11.6. The van der Waals surface area contributed by atoms with Crippen LogP contribution in [0.2, 0.25) is 10.0 Å². The summed E-state index contributed by atoms with van der Waals surface area (Å²) in [6, 6.07) is 2.67. The van der Waals surface area contributed by atoms with Crippen molar-refractivity contribution in [3.63, 3.8) is 0 Å². The fourth-order valence-corrected chi connectivity index (χ4v) is 2.67. The SMILES string of the molecule is CCCOCCOc1ccc(S(N)(=O)=O)c(Cl)c1Cl. The third-order valence-electron chi connectivity index (χ3n) is 2.15. The highest BCUT2D eigenvalue weighted by Gasteiger charge is 2.18. The molecule has 19 heavy (non-hydrogen) atoms. The molecule has 0 aromatic heterocycles. The minimum absolute atomic E-state index is 0.0173. The Morgan fingerprint density at radius 2 is 1.84 bits per heavy atom. The highest BCUT2D eigenvalue weighted by molar-refractivity contribution is 7.89. The Hall–Kier alpha value is -0.530. The summed E-state index contributed by atoms with van der Waals surface area (Å²) < 4.78 is 33.0. The molecule has 1 aromatic rings. The van der Waals surface area contributed by atoms with Gasteiger partial charge in [0.25, 0.3) is 0 Å². The molecule has 0 heterocycles. The number of primary sulfonamides is 1. The molecule has 5 nitrogen and oxygen atoms in total. The van der Waals surface area contributed by atoms with Crippen molar-refractivity contribution in [3.05, 3.63) is 22.2 Å². The van der Waals surface area contributed by atoms with Crippen LogP contribution in [-0.2, 0) is 14.8 Å². The minimum atomic E-state index is -3.90. The van der Waals surface area contributed by atoms with Gasteiger partial charge < -0.3 is 9.47 Å². The molecule has 0 spiro atoms. The number of nitrogens with two attached hydrogens (primary N) is 1. The topological polar surface area (TPSA) is 78.6 Å². The fraction of sp³-hybridized carbons (Fsp3) is 0.455. The van der Waals surface area contributed by atoms with Gasteiger partial charge in [0.15, 0.2) is 0 Å². The summed E-state index contributed by atoms with van der Waals surface area (Å²) in [5.74, 6) is 0.291. The van der Waals surface area contributed by atoms with Crippen molar-refractivity contribution in [2.75, 3.05) is 19.8 Å². The van der Waals surface area contributed by atoms with E-state index in [9.17, 15) is 8.42 Å². The molecule has 0 aliphatic carbocycles. The molecule has 0 radical (unpaired) electrons. The average molecular weight is 328 g/mol. The molecule has 0 bridgehead atoms. The fourth-order valence-electron chi connectivity index (χ4n) is 1.30. The zero-order chi connectivity index (χ0) is 14.5. The van der Waals surface area contributed by atoms with E-state index in [2.05, 4.69) is 0 Å². The highest BCUT2D eigenvalue weighted by Crippen LogP contribution is 2.36. The minimum Gasteiger partial charge on any atom is -0.490 e. The Morgan fingerprint density at radius 3 is 2.42 bits per heavy atom. The van der Waals surface area contributed by atoms with E-state index in [1.807, 2.05) is 6.92 Å². The number of halogens is 2. The van der Waals surface area contributed by atoms with Gasteiger partial charge in [0.1, 0.15) is 22.3 Å². The molecular formula is C11H15Cl2NO4S. The van der Waals surface area contributed by atoms with Crippen LogP contribution in [0.3, 0.4) is 0 Å². The molecule has 1 rings (SSSR count). The average Bonchev–Trinajstić information content (AvgIpc) is 2.32. The Kier molecular flexibility index (Phi) is 6.35. The van der Waals surface area contributed by atoms with Gasteiger partial charge in [-0.25, -0.2) is 13.6 Å². The second-order valence-electron chi connectivity index (χ2n) is 3.70. The monoisotopic (exact) mass is 327 g/mol. The number of hydrogen-bond acceptors (Lipinski definition) is 4. The van der Waals surface area contributed by atoms with E-state index in [-0.39, 0.29) is 14.9 Å². The zero-order valence-electron chi connectivity index (χ0n) is 10.4. The molecule has 108 valence electrons. The summed E-state index contributed by atoms with van der Waals surface area (Å²) in [5.41, 5.74) is 0. The summed E-state index contributed by atoms with van der Waals surface area (Å²) in [4.78, 5) is -0.228. The summed E-state index contributed by atoms with van der Waals surface area (Å²) in [7, 11) is -3.90. The lowest BCUT2D eigenvalue weighted by atomic mass is 10.3. The first-order valence-corrected chi connectivity index (χ1v) is 7.89. The van der Waals surface area contributed by atoms with Crippen molar-refractivity contribution >= 4 is 33.2 Å². The van der Waals surface area contributed by atoms with Gasteiger partial charge in [-0.3, -0.25) is 0 Å². The second-order valence-corrected chi connectivity index (χ2v) is 5.98. The lowest BCUT2D eigenvalue weighted by Gasteiger charge is -2.11. The molecule has 8 heteroatoms. The molecule has 0 saturated carbocycles. The molecule has 0 unspecified atom stereocenters. The predicted octanol–water partition coefficient (Wildman–Crippen LogP) is 2.45. The van der Waals surface area contributed by atoms with Crippen LogP contribution in [0.1, 0.15) is 13.3 Å². The lowest BCUT2D eigenvalue weighted by molar-refractivity contribution is 0.101. The zero-order valence-corrected chi connectivity index (χ0v) is 12.7. The van der Waals surface area contributed by atoms with Crippen LogP contribution in [0.25, 0.3) is 0 Å². The van der Waals surface area contributed by atoms with Gasteiger partial charge >= 0.3 is 0 Å². The number of hydrogen-bond donors (Lipinski definition) is 1. The molecule has 2 N–H and O–H groups in total. The van der Waals surface area contributed by atoms with Gasteiger partial charge in [0, 0.05) is 6.61 Å². The molecule has 0 atom stereocenters. The third kappa shape index (κ3) is 4.81. The molecule has 1 aromatic carbocycles. The van der Waals surface area contributed by atoms with Crippen LogP contribution in [-0.4, -0.2) is 28.2 Å². The first kappa shape index (κ1) is 16.5. The highest BCUT2D eigenvalue weighted by atomic mass is 35.5. The van der Waals surface area contributed by atoms with Crippen molar-refractivity contribution in [2.24, 2.45) is 5.14 Å². The Bertz CT molecular complexity index is 534. The maximum atomic E-state index is 11.2. The standard InChI is InChI=1S/C11H15Cl2NO4S/c1-2-5-17-6-7-18-8-3-4-9(19(14,15)16)11(13)10(8)12/h3-4H,2,5-7H2,1H3,(H2,14,15,16). The van der Waals surface area contributed by atoms with Crippen LogP contribution < -0.4 is 9.88 Å². The van der Waals surface area contributed by atoms with Crippen molar-refractivity contribution < 1.29 is 17.9 Å². The van der Waals surface area contributed by atoms with Crippen LogP contribution >= 0.6 is 23.2 Å². The summed E-state index contributed by atoms with van der Waals surface area (Å²) >= 11 is 11.8. The second kappa shape index (κ2) is 7.31. The van der Waals surface area contributed by atoms with Crippen molar-refractivity contribution in [1.82, 2.24) is 0 Å². The molecular weight excluding hydrogens is 313 g/mol. The maximum absolute atomic E-state index is 11.2. The van der Waals surface area contributed by atoms with Crippen LogP contribution in [0.5, 0.6) is 5.75 Å². The van der Waals surface area contributed by atoms with Crippen molar-refractivity contribution in [3.8, 4) is 5.75 Å². The molecule has 0 saturated heterocycles. The van der Waals surface area contributed by atoms with E-state index in [1.54, 1.807) is 0 Å². The van der Waals surface area contributed by atoms with E-state index in [4.69, 9.17) is 37.8 Å². The summed E-state index contributed by atoms with van der Waals surface area (Å²) in [6.45, 7) is 3.37. The van der Waals surface area contributed by atoms with Gasteiger partial charge in [-0.05, 0) is 18.6 Å². The van der Waals surface area contributed by atoms with Crippen LogP contribution in [0.4, 0.5) is 0 Å². The molecule has 0 aliphatic heterocycles.